The van der Waals surface area contributed by atoms with Crippen molar-refractivity contribution in [2.45, 2.75) is 50.7 Å². The normalized spacial score (nSPS) is 20.1. The van der Waals surface area contributed by atoms with Crippen LogP contribution in [0.25, 0.3) is 0 Å². The summed E-state index contributed by atoms with van der Waals surface area (Å²) in [5.74, 6) is 0.715. The van der Waals surface area contributed by atoms with Gasteiger partial charge in [0, 0.05) is 32.7 Å². The van der Waals surface area contributed by atoms with E-state index in [1.807, 2.05) is 35.0 Å². The van der Waals surface area contributed by atoms with E-state index in [0.29, 0.717) is 16.0 Å². The van der Waals surface area contributed by atoms with E-state index in [0.717, 1.165) is 71.4 Å². The molecular weight excluding hydrogens is 507 g/mol. The fourth-order valence-corrected chi connectivity index (χ4v) is 6.14. The molecule has 3 heterocycles. The molecule has 0 spiro atoms. The molecule has 0 radical (unpaired) electrons. The van der Waals surface area contributed by atoms with E-state index in [1.165, 1.54) is 17.5 Å². The maximum Gasteiger partial charge on any atom is 0.0672 e. The molecular formula is C30H38Cl2N2OS. The van der Waals surface area contributed by atoms with Gasteiger partial charge in [0.1, 0.15) is 0 Å². The van der Waals surface area contributed by atoms with E-state index in [-0.39, 0.29) is 0 Å². The molecule has 3 nitrogen and oxygen atoms in total. The molecule has 1 N–H and O–H groups in total. The lowest BCUT2D eigenvalue weighted by Crippen LogP contribution is -2.46. The topological polar surface area (TPSA) is 26.7 Å². The molecule has 1 unspecified atom stereocenters. The first-order valence-corrected chi connectivity index (χ1v) is 14.8. The van der Waals surface area contributed by atoms with E-state index in [2.05, 4.69) is 46.2 Å². The third-order valence-electron chi connectivity index (χ3n) is 7.44. The van der Waals surface area contributed by atoms with Crippen molar-refractivity contribution in [2.24, 2.45) is 5.92 Å². The van der Waals surface area contributed by atoms with Crippen LogP contribution in [0.4, 0.5) is 0 Å². The molecule has 36 heavy (non-hydrogen) atoms. The Balaban J connectivity index is 0.000000543. The lowest BCUT2D eigenvalue weighted by atomic mass is 9.85. The quantitative estimate of drug-likeness (QED) is 0.319. The van der Waals surface area contributed by atoms with Gasteiger partial charge in [0.15, 0.2) is 0 Å². The Labute approximate surface area is 230 Å². The number of hydrogen-bond donors (Lipinski definition) is 1. The predicted octanol–water partition coefficient (Wildman–Crippen LogP) is 7.41. The smallest absolute Gasteiger partial charge is 0.0672 e. The largest absolute Gasteiger partial charge is 0.390 e. The fourth-order valence-electron chi connectivity index (χ4n) is 5.36. The summed E-state index contributed by atoms with van der Waals surface area (Å²) in [6.45, 7) is 6.41. The van der Waals surface area contributed by atoms with Crippen LogP contribution in [0.3, 0.4) is 0 Å². The summed E-state index contributed by atoms with van der Waals surface area (Å²) in [4.78, 5) is 5.09. The van der Waals surface area contributed by atoms with Crippen molar-refractivity contribution in [1.29, 1.82) is 0 Å². The fraction of sp³-hybridized carbons (Fsp3) is 0.467. The van der Waals surface area contributed by atoms with Crippen LogP contribution in [0.15, 0.2) is 71.4 Å². The molecule has 0 amide bonds. The van der Waals surface area contributed by atoms with Crippen LogP contribution in [0.5, 0.6) is 0 Å². The second-order valence-electron chi connectivity index (χ2n) is 10.3. The summed E-state index contributed by atoms with van der Waals surface area (Å²) >= 11 is 13.9. The van der Waals surface area contributed by atoms with E-state index in [1.54, 1.807) is 11.3 Å². The second kappa shape index (κ2) is 13.9. The zero-order valence-electron chi connectivity index (χ0n) is 21.0. The molecule has 0 bridgehead atoms. The molecule has 0 aliphatic carbocycles. The van der Waals surface area contributed by atoms with Gasteiger partial charge in [-0.25, -0.2) is 0 Å². The van der Waals surface area contributed by atoms with Gasteiger partial charge in [0.25, 0.3) is 0 Å². The van der Waals surface area contributed by atoms with Gasteiger partial charge in [-0.1, -0.05) is 71.7 Å². The third-order valence-corrected chi connectivity index (χ3v) is 8.81. The maximum atomic E-state index is 11.0. The lowest BCUT2D eigenvalue weighted by Gasteiger charge is -2.39. The number of aliphatic hydroxyl groups is 1. The zero-order valence-corrected chi connectivity index (χ0v) is 23.3. The number of nitrogens with zero attached hydrogens (tertiary/aromatic N) is 2. The highest BCUT2D eigenvalue weighted by Gasteiger charge is 2.33. The Morgan fingerprint density at radius 1 is 0.861 bits per heavy atom. The van der Waals surface area contributed by atoms with E-state index in [4.69, 9.17) is 23.2 Å². The lowest BCUT2D eigenvalue weighted by molar-refractivity contribution is -0.0313. The van der Waals surface area contributed by atoms with Crippen molar-refractivity contribution in [3.63, 3.8) is 0 Å². The Hall–Kier alpha value is -1.40. The number of likely N-dealkylation sites (tertiary alicyclic amines) is 2. The zero-order chi connectivity index (χ0) is 25.2. The van der Waals surface area contributed by atoms with Gasteiger partial charge in [-0.3, -0.25) is 4.90 Å². The van der Waals surface area contributed by atoms with Gasteiger partial charge < -0.3 is 10.0 Å². The Kier molecular flexibility index (Phi) is 10.7. The second-order valence-corrected chi connectivity index (χ2v) is 11.9. The Morgan fingerprint density at radius 2 is 1.61 bits per heavy atom. The van der Waals surface area contributed by atoms with Crippen LogP contribution in [0.2, 0.25) is 10.0 Å². The number of piperidine rings is 1. The molecule has 1 aromatic heterocycles. The highest BCUT2D eigenvalue weighted by molar-refractivity contribution is 7.07. The molecule has 2 fully saturated rings. The van der Waals surface area contributed by atoms with Crippen LogP contribution in [0.1, 0.15) is 43.2 Å². The minimum Gasteiger partial charge on any atom is -0.390 e. The molecule has 5 rings (SSSR count). The van der Waals surface area contributed by atoms with Crippen molar-refractivity contribution in [1.82, 2.24) is 9.80 Å². The van der Waals surface area contributed by atoms with Gasteiger partial charge in [-0.15, -0.1) is 0 Å². The van der Waals surface area contributed by atoms with Crippen LogP contribution < -0.4 is 0 Å². The first-order valence-electron chi connectivity index (χ1n) is 13.1. The number of hydrogen-bond acceptors (Lipinski definition) is 4. The van der Waals surface area contributed by atoms with Crippen molar-refractivity contribution < 1.29 is 5.11 Å². The minimum absolute atomic E-state index is 0.471. The van der Waals surface area contributed by atoms with Crippen LogP contribution in [-0.2, 0) is 13.0 Å². The molecule has 2 aliphatic heterocycles. The summed E-state index contributed by atoms with van der Waals surface area (Å²) in [6, 6.07) is 20.6. The summed E-state index contributed by atoms with van der Waals surface area (Å²) in [5, 5.41) is 16.4. The predicted molar refractivity (Wildman–Crippen MR) is 154 cm³/mol. The number of rotatable bonds is 8. The molecule has 6 heteroatoms. The standard InChI is InChI=1S/C26H34Cl2N2O.C4H4S/c27-24-9-8-22(17-25(24)28)18-30-14-10-23(20-30)19-29-15-12-26(31,13-16-29)11-4-7-21-5-2-1-3-6-21;1-2-4-5-3-1/h1-3,5-6,8-9,17,23,31H,4,7,10-16,18-20H2;1-4H. The molecule has 1 atom stereocenters. The number of thiophene rings is 1. The summed E-state index contributed by atoms with van der Waals surface area (Å²) in [5.41, 5.74) is 2.13. The number of halogens is 2. The molecule has 2 aromatic carbocycles. The number of aryl methyl sites for hydroxylation is 1. The van der Waals surface area contributed by atoms with Crippen LogP contribution >= 0.6 is 34.5 Å². The molecule has 194 valence electrons. The van der Waals surface area contributed by atoms with Gasteiger partial charge in [0.05, 0.1) is 15.6 Å². The summed E-state index contributed by atoms with van der Waals surface area (Å²) < 4.78 is 0. The average molecular weight is 546 g/mol. The Morgan fingerprint density at radius 3 is 2.28 bits per heavy atom. The molecule has 2 aliphatic rings. The average Bonchev–Trinajstić information content (AvgIpc) is 3.60. The van der Waals surface area contributed by atoms with Gasteiger partial charge >= 0.3 is 0 Å². The maximum absolute atomic E-state index is 11.0. The van der Waals surface area contributed by atoms with E-state index >= 15 is 0 Å². The highest BCUT2D eigenvalue weighted by atomic mass is 35.5. The Bertz CT molecular complexity index is 1010. The van der Waals surface area contributed by atoms with Crippen LogP contribution in [0, 0.1) is 5.92 Å². The van der Waals surface area contributed by atoms with Crippen molar-refractivity contribution in [3.8, 4) is 0 Å². The van der Waals surface area contributed by atoms with E-state index in [9.17, 15) is 5.11 Å². The highest BCUT2D eigenvalue weighted by Crippen LogP contribution is 2.30. The SMILES string of the molecule is OC1(CCCc2ccccc2)CCN(CC2CCN(Cc3ccc(Cl)c(Cl)c3)C2)CC1.c1ccsc1. The van der Waals surface area contributed by atoms with Crippen molar-refractivity contribution >= 4 is 34.5 Å². The van der Waals surface area contributed by atoms with Crippen molar-refractivity contribution in [3.05, 3.63) is 92.6 Å². The summed E-state index contributed by atoms with van der Waals surface area (Å²) in [7, 11) is 0. The molecule has 3 aromatic rings. The van der Waals surface area contributed by atoms with Crippen molar-refractivity contribution in [2.75, 3.05) is 32.7 Å². The monoisotopic (exact) mass is 544 g/mol. The molecule has 2 saturated heterocycles. The third kappa shape index (κ3) is 8.86. The number of benzene rings is 2. The first kappa shape index (κ1) is 27.6. The van der Waals surface area contributed by atoms with Gasteiger partial charge in [-0.2, -0.15) is 11.3 Å². The van der Waals surface area contributed by atoms with E-state index < -0.39 is 5.60 Å². The minimum atomic E-state index is -0.471. The van der Waals surface area contributed by atoms with Gasteiger partial charge in [0.2, 0.25) is 0 Å². The molecule has 0 saturated carbocycles. The first-order chi connectivity index (χ1) is 17.5. The summed E-state index contributed by atoms with van der Waals surface area (Å²) in [6.07, 6.45) is 6.09. The van der Waals surface area contributed by atoms with Gasteiger partial charge in [-0.05, 0) is 85.0 Å². The van der Waals surface area contributed by atoms with Crippen LogP contribution in [-0.4, -0.2) is 53.2 Å².